The zero-order chi connectivity index (χ0) is 53.8. The number of nitrogens with zero attached hydrogens (tertiary/aromatic N) is 3. The Morgan fingerprint density at radius 2 is 1.01 bits per heavy atom. The second-order valence-electron chi connectivity index (χ2n) is 18.3. The van der Waals surface area contributed by atoms with Crippen molar-refractivity contribution in [1.82, 2.24) is 24.2 Å². The zero-order valence-electron chi connectivity index (χ0n) is 42.5. The molecular weight excluding hydrogens is 1050 g/mol. The number of ether oxygens (including phenoxy) is 2. The molecule has 0 spiro atoms. The smallest absolute Gasteiger partial charge is 0.252 e. The van der Waals surface area contributed by atoms with Crippen molar-refractivity contribution in [3.05, 3.63) is 185 Å². The summed E-state index contributed by atoms with van der Waals surface area (Å²) in [6, 6.07) is 47.4. The lowest BCUT2D eigenvalue weighted by Gasteiger charge is -2.31. The van der Waals surface area contributed by atoms with Crippen molar-refractivity contribution in [3.63, 3.8) is 0 Å². The van der Waals surface area contributed by atoms with Gasteiger partial charge < -0.3 is 35.2 Å². The van der Waals surface area contributed by atoms with E-state index < -0.39 is 20.0 Å². The van der Waals surface area contributed by atoms with Gasteiger partial charge in [0.1, 0.15) is 19.9 Å². The van der Waals surface area contributed by atoms with E-state index in [0.29, 0.717) is 71.6 Å². The van der Waals surface area contributed by atoms with Crippen molar-refractivity contribution >= 4 is 65.9 Å². The highest BCUT2D eigenvalue weighted by Crippen LogP contribution is 2.32. The second-order valence-corrected chi connectivity index (χ2v) is 25.0. The minimum atomic E-state index is -3.60. The number of hydrogen-bond donors (Lipinski definition) is 4. The van der Waals surface area contributed by atoms with Gasteiger partial charge >= 0.3 is 0 Å². The van der Waals surface area contributed by atoms with Crippen LogP contribution < -0.4 is 30.7 Å². The fourth-order valence-electron chi connectivity index (χ4n) is 9.00. The Bertz CT molecular complexity index is 3480. The number of sulfonamides is 2. The molecule has 16 nitrogen and oxygen atoms in total. The van der Waals surface area contributed by atoms with Gasteiger partial charge in [-0.15, -0.1) is 22.7 Å². The summed E-state index contributed by atoms with van der Waals surface area (Å²) in [5, 5.41) is 12.8. The molecule has 2 amide bonds. The molecule has 4 N–H and O–H groups in total. The van der Waals surface area contributed by atoms with Crippen LogP contribution in [0.3, 0.4) is 0 Å². The maximum Gasteiger partial charge on any atom is 0.252 e. The number of rotatable bonds is 18. The number of carbonyl (C=O) groups excluding carboxylic acids is 2. The Morgan fingerprint density at radius 3 is 1.48 bits per heavy atom. The molecule has 10 rings (SSSR count). The molecule has 2 saturated heterocycles. The molecule has 0 saturated carbocycles. The number of methoxy groups -OCH3 is 2. The summed E-state index contributed by atoms with van der Waals surface area (Å²) in [6.07, 6.45) is 5.92. The topological polar surface area (TPSA) is 202 Å². The molecule has 2 aliphatic rings. The summed E-state index contributed by atoms with van der Waals surface area (Å²) in [5.41, 5.74) is 6.21. The normalized spacial score (nSPS) is 14.7. The van der Waals surface area contributed by atoms with E-state index in [9.17, 15) is 26.4 Å². The van der Waals surface area contributed by atoms with Gasteiger partial charge in [-0.25, -0.2) is 21.8 Å². The van der Waals surface area contributed by atoms with Gasteiger partial charge in [-0.1, -0.05) is 66.7 Å². The van der Waals surface area contributed by atoms with Crippen LogP contribution in [0.4, 0.5) is 11.4 Å². The van der Waals surface area contributed by atoms with Crippen LogP contribution in [0.25, 0.3) is 22.5 Å². The van der Waals surface area contributed by atoms with Crippen LogP contribution >= 0.6 is 22.7 Å². The Hall–Kier alpha value is -7.33. The monoisotopic (exact) mass is 1110 g/mol. The lowest BCUT2D eigenvalue weighted by atomic mass is 10.0. The van der Waals surface area contributed by atoms with Crippen LogP contribution in [0.2, 0.25) is 0 Å². The van der Waals surface area contributed by atoms with Gasteiger partial charge in [0.25, 0.3) is 31.9 Å². The summed E-state index contributed by atoms with van der Waals surface area (Å²) >= 11 is 2.38. The van der Waals surface area contributed by atoms with Crippen LogP contribution in [-0.2, 0) is 33.1 Å². The van der Waals surface area contributed by atoms with E-state index in [-0.39, 0.29) is 41.2 Å². The Kier molecular flexibility index (Phi) is 17.8. The van der Waals surface area contributed by atoms with Crippen molar-refractivity contribution in [2.75, 3.05) is 51.0 Å². The Balaban J connectivity index is 0.000000188. The number of hydrogen-bond acceptors (Lipinski definition) is 14. The fourth-order valence-corrected chi connectivity index (χ4v) is 14.8. The lowest BCUT2D eigenvalue weighted by molar-refractivity contribution is 0.0943. The van der Waals surface area contributed by atoms with Crippen LogP contribution in [0.15, 0.2) is 177 Å². The largest absolute Gasteiger partial charge is 0.497 e. The molecule has 0 bridgehead atoms. The van der Waals surface area contributed by atoms with Gasteiger partial charge in [0.2, 0.25) is 0 Å². The van der Waals surface area contributed by atoms with Gasteiger partial charge in [0.05, 0.1) is 33.5 Å². The first-order chi connectivity index (χ1) is 37.3. The van der Waals surface area contributed by atoms with E-state index in [0.717, 1.165) is 50.7 Å². The van der Waals surface area contributed by atoms with Crippen LogP contribution in [0.1, 0.15) is 56.2 Å². The minimum Gasteiger partial charge on any atom is -0.497 e. The Labute approximate surface area is 457 Å². The number of aromatic nitrogens is 1. The number of piperidine rings is 2. The average molecular weight is 1110 g/mol. The third-order valence-electron chi connectivity index (χ3n) is 13.2. The predicted octanol–water partition coefficient (Wildman–Crippen LogP) is 10.2. The zero-order valence-corrected chi connectivity index (χ0v) is 45.7. The summed E-state index contributed by atoms with van der Waals surface area (Å²) in [7, 11) is -4.09. The highest BCUT2D eigenvalue weighted by Gasteiger charge is 2.32. The van der Waals surface area contributed by atoms with Gasteiger partial charge in [-0.2, -0.15) is 8.61 Å². The molecule has 0 radical (unpaired) electrons. The Morgan fingerprint density at radius 1 is 0.558 bits per heavy atom. The van der Waals surface area contributed by atoms with E-state index in [1.165, 1.54) is 29.1 Å². The molecule has 0 aliphatic carbocycles. The molecular formula is C57H59N7O9S4. The predicted molar refractivity (Wildman–Crippen MR) is 302 cm³/mol. The first-order valence-corrected chi connectivity index (χ1v) is 29.6. The van der Waals surface area contributed by atoms with E-state index >= 15 is 0 Å². The number of anilines is 2. The molecule has 77 heavy (non-hydrogen) atoms. The first-order valence-electron chi connectivity index (χ1n) is 25.0. The molecule has 2 fully saturated rings. The summed E-state index contributed by atoms with van der Waals surface area (Å²) in [4.78, 5) is 30.5. The van der Waals surface area contributed by atoms with E-state index in [4.69, 9.17) is 13.9 Å². The SMILES string of the molecule is COc1cccc(C(=O)NCc2ccc(S(=O)(=O)N3CCC(Nc4cccc(-c5ccccc5)c4)CC3)s2)c1.COc1cccc(C(=O)NCc2ccc(S(=O)(=O)N3CCC(Nc4cccc(-c5cnco5)c4)CC3)s2)c1. The number of oxazole rings is 1. The second kappa shape index (κ2) is 25.2. The van der Waals surface area contributed by atoms with Crippen molar-refractivity contribution in [3.8, 4) is 33.9 Å². The van der Waals surface area contributed by atoms with Crippen molar-refractivity contribution in [2.45, 2.75) is 59.3 Å². The molecule has 5 heterocycles. The molecule has 0 atom stereocenters. The third-order valence-corrected chi connectivity index (χ3v) is 20.1. The van der Waals surface area contributed by atoms with Crippen LogP contribution in [0, 0.1) is 0 Å². The maximum absolute atomic E-state index is 13.3. The molecule has 5 aromatic carbocycles. The quantitative estimate of drug-likeness (QED) is 0.0635. The standard InChI is InChI=1S/C30H31N3O4S2.C27H28N4O5S2/c1-37-27-12-6-10-24(20-27)30(34)31-21-28-13-14-29(38-28)39(35,36)33-17-15-25(16-18-33)32-26-11-5-9-23(19-26)22-7-3-2-4-8-22;1-35-23-7-3-5-20(15-23)27(32)29-16-24-8-9-26(37-24)38(33,34)31-12-10-21(11-13-31)30-22-6-2-4-19(14-22)25-17-28-18-36-25/h2-14,19-20,25,32H,15-18,21H2,1H3,(H,31,34);2-9,14-15,17-18,21,30H,10-13,16H2,1H3,(H,29,32). The van der Waals surface area contributed by atoms with Gasteiger partial charge in [0.15, 0.2) is 12.2 Å². The van der Waals surface area contributed by atoms with E-state index in [1.807, 2.05) is 48.5 Å². The highest BCUT2D eigenvalue weighted by molar-refractivity contribution is 7.91. The number of carbonyl (C=O) groups is 2. The number of amides is 2. The van der Waals surface area contributed by atoms with Crippen molar-refractivity contribution in [1.29, 1.82) is 0 Å². The van der Waals surface area contributed by atoms with Crippen LogP contribution in [-0.4, -0.2) is 94.7 Å². The van der Waals surface area contributed by atoms with E-state index in [1.54, 1.807) is 102 Å². The fraction of sp³-hybridized carbons (Fsp3) is 0.246. The molecule has 0 unspecified atom stereocenters. The highest BCUT2D eigenvalue weighted by atomic mass is 32.3. The maximum atomic E-state index is 13.3. The third kappa shape index (κ3) is 14.0. The minimum absolute atomic E-state index is 0.164. The van der Waals surface area contributed by atoms with Crippen LogP contribution in [0.5, 0.6) is 11.5 Å². The number of thiophene rings is 2. The molecule has 400 valence electrons. The van der Waals surface area contributed by atoms with E-state index in [2.05, 4.69) is 56.6 Å². The number of nitrogens with one attached hydrogen (secondary N) is 4. The first kappa shape index (κ1) is 54.5. The molecule has 20 heteroatoms. The molecule has 2 aliphatic heterocycles. The summed E-state index contributed by atoms with van der Waals surface area (Å²) < 4.78 is 72.6. The lowest BCUT2D eigenvalue weighted by Crippen LogP contribution is -2.42. The molecule has 8 aromatic rings. The summed E-state index contributed by atoms with van der Waals surface area (Å²) in [5.74, 6) is 1.41. The van der Waals surface area contributed by atoms with Crippen molar-refractivity contribution < 1.29 is 40.3 Å². The van der Waals surface area contributed by atoms with Crippen molar-refractivity contribution in [2.24, 2.45) is 0 Å². The average Bonchev–Trinajstić information content (AvgIpc) is 4.30. The van der Waals surface area contributed by atoms with Gasteiger partial charge in [0, 0.05) is 76.1 Å². The van der Waals surface area contributed by atoms with Gasteiger partial charge in [-0.3, -0.25) is 9.59 Å². The number of benzene rings is 5. The molecule has 3 aromatic heterocycles. The summed E-state index contributed by atoms with van der Waals surface area (Å²) in [6.45, 7) is 2.28. The van der Waals surface area contributed by atoms with Gasteiger partial charge in [-0.05, 0) is 122 Å².